The second-order valence-electron chi connectivity index (χ2n) is 5.75. The number of nitrogens with two attached hydrogens (primary N) is 1. The Bertz CT molecular complexity index is 613. The third-order valence-corrected chi connectivity index (χ3v) is 4.04. The number of primary amides is 1. The van der Waals surface area contributed by atoms with E-state index in [0.717, 1.165) is 24.8 Å². The Morgan fingerprint density at radius 1 is 1.30 bits per heavy atom. The van der Waals surface area contributed by atoms with E-state index in [1.165, 1.54) is 0 Å². The average Bonchev–Trinajstić information content (AvgIpc) is 2.94. The summed E-state index contributed by atoms with van der Waals surface area (Å²) in [5.41, 5.74) is 6.70. The van der Waals surface area contributed by atoms with Crippen molar-refractivity contribution in [2.75, 3.05) is 13.7 Å². The first kappa shape index (κ1) is 17.0. The highest BCUT2D eigenvalue weighted by Crippen LogP contribution is 2.28. The third kappa shape index (κ3) is 5.11. The van der Waals surface area contributed by atoms with Gasteiger partial charge < -0.3 is 15.8 Å². The third-order valence-electron chi connectivity index (χ3n) is 4.04. The molecular weight excluding hydrogens is 292 g/mol. The molecule has 5 nitrogen and oxygen atoms in total. The van der Waals surface area contributed by atoms with E-state index in [4.69, 9.17) is 10.5 Å². The minimum absolute atomic E-state index is 0.0242. The predicted molar refractivity (Wildman–Crippen MR) is 87.6 cm³/mol. The fraction of sp³-hybridized carbons (Fsp3) is 0.444. The van der Waals surface area contributed by atoms with Gasteiger partial charge in [0.25, 0.3) is 5.91 Å². The summed E-state index contributed by atoms with van der Waals surface area (Å²) in [5, 5.41) is 3.02. The van der Waals surface area contributed by atoms with E-state index in [2.05, 4.69) is 17.2 Å². The Hall–Kier alpha value is -2.32. The zero-order chi connectivity index (χ0) is 16.7. The van der Waals surface area contributed by atoms with Crippen molar-refractivity contribution in [3.05, 3.63) is 35.4 Å². The topological polar surface area (TPSA) is 81.4 Å². The molecule has 1 aliphatic carbocycles. The molecule has 23 heavy (non-hydrogen) atoms. The van der Waals surface area contributed by atoms with E-state index in [1.807, 2.05) is 12.1 Å². The molecule has 0 saturated heterocycles. The molecule has 0 unspecified atom stereocenters. The summed E-state index contributed by atoms with van der Waals surface area (Å²) in [6.45, 7) is 0.380. The molecule has 0 bridgehead atoms. The van der Waals surface area contributed by atoms with Crippen LogP contribution in [0.5, 0.6) is 0 Å². The summed E-state index contributed by atoms with van der Waals surface area (Å²) in [7, 11) is 1.59. The van der Waals surface area contributed by atoms with Crippen LogP contribution in [-0.4, -0.2) is 31.6 Å². The number of rotatable bonds is 5. The highest BCUT2D eigenvalue weighted by Gasteiger charge is 2.29. The normalized spacial score (nSPS) is 19.7. The molecule has 2 atom stereocenters. The van der Waals surface area contributed by atoms with Crippen molar-refractivity contribution in [3.63, 3.8) is 0 Å². The van der Waals surface area contributed by atoms with E-state index >= 15 is 0 Å². The van der Waals surface area contributed by atoms with Gasteiger partial charge in [-0.25, -0.2) is 0 Å². The van der Waals surface area contributed by atoms with E-state index in [1.54, 1.807) is 19.2 Å². The zero-order valence-corrected chi connectivity index (χ0v) is 13.3. The second kappa shape index (κ2) is 8.35. The van der Waals surface area contributed by atoms with Gasteiger partial charge in [-0.05, 0) is 43.0 Å². The Labute approximate surface area is 136 Å². The van der Waals surface area contributed by atoms with Gasteiger partial charge in [-0.1, -0.05) is 18.3 Å². The maximum Gasteiger partial charge on any atom is 0.251 e. The number of benzene rings is 1. The van der Waals surface area contributed by atoms with Gasteiger partial charge in [0.1, 0.15) is 6.61 Å². The number of ether oxygens (including phenoxy) is 1. The van der Waals surface area contributed by atoms with Crippen LogP contribution in [0.25, 0.3) is 0 Å². The van der Waals surface area contributed by atoms with Gasteiger partial charge in [0.15, 0.2) is 0 Å². The molecule has 0 aromatic heterocycles. The highest BCUT2D eigenvalue weighted by atomic mass is 16.5. The molecule has 1 fully saturated rings. The van der Waals surface area contributed by atoms with Gasteiger partial charge in [-0.3, -0.25) is 9.59 Å². The first-order valence-electron chi connectivity index (χ1n) is 7.77. The van der Waals surface area contributed by atoms with Crippen LogP contribution in [0.4, 0.5) is 0 Å². The van der Waals surface area contributed by atoms with Crippen LogP contribution in [0.15, 0.2) is 24.3 Å². The summed E-state index contributed by atoms with van der Waals surface area (Å²) in [5.74, 6) is 5.54. The number of methoxy groups -OCH3 is 1. The van der Waals surface area contributed by atoms with E-state index in [9.17, 15) is 9.59 Å². The Morgan fingerprint density at radius 2 is 2.04 bits per heavy atom. The molecule has 1 aliphatic rings. The number of carbonyl (C=O) groups excluding carboxylic acids is 2. The minimum atomic E-state index is -0.310. The summed E-state index contributed by atoms with van der Waals surface area (Å²) >= 11 is 0. The Balaban J connectivity index is 1.95. The van der Waals surface area contributed by atoms with Crippen LogP contribution in [0.2, 0.25) is 0 Å². The van der Waals surface area contributed by atoms with Crippen molar-refractivity contribution >= 4 is 11.8 Å². The first-order valence-corrected chi connectivity index (χ1v) is 7.77. The summed E-state index contributed by atoms with van der Waals surface area (Å²) in [6.07, 6.45) is 3.17. The van der Waals surface area contributed by atoms with Gasteiger partial charge in [0, 0.05) is 30.7 Å². The Morgan fingerprint density at radius 3 is 2.70 bits per heavy atom. The van der Waals surface area contributed by atoms with Crippen molar-refractivity contribution < 1.29 is 14.3 Å². The average molecular weight is 314 g/mol. The van der Waals surface area contributed by atoms with Gasteiger partial charge in [0.05, 0.1) is 0 Å². The lowest BCUT2D eigenvalue weighted by molar-refractivity contribution is -0.119. The maximum absolute atomic E-state index is 12.3. The van der Waals surface area contributed by atoms with Crippen LogP contribution in [-0.2, 0) is 9.53 Å². The first-order chi connectivity index (χ1) is 11.1. The second-order valence-corrected chi connectivity index (χ2v) is 5.75. The van der Waals surface area contributed by atoms with Crippen molar-refractivity contribution in [1.82, 2.24) is 5.32 Å². The van der Waals surface area contributed by atoms with Crippen LogP contribution >= 0.6 is 0 Å². The lowest BCUT2D eigenvalue weighted by atomic mass is 9.99. The summed E-state index contributed by atoms with van der Waals surface area (Å²) in [4.78, 5) is 23.4. The highest BCUT2D eigenvalue weighted by molar-refractivity contribution is 5.94. The van der Waals surface area contributed by atoms with Crippen molar-refractivity contribution in [3.8, 4) is 11.8 Å². The van der Waals surface area contributed by atoms with Crippen molar-refractivity contribution in [2.45, 2.75) is 31.7 Å². The summed E-state index contributed by atoms with van der Waals surface area (Å²) in [6, 6.07) is 7.16. The molecular formula is C18H22N2O3. The van der Waals surface area contributed by atoms with Crippen molar-refractivity contribution in [2.24, 2.45) is 11.7 Å². The number of amides is 2. The minimum Gasteiger partial charge on any atom is -0.372 e. The molecule has 1 aromatic carbocycles. The fourth-order valence-electron chi connectivity index (χ4n) is 2.90. The lowest BCUT2D eigenvalue weighted by Gasteiger charge is -2.19. The molecule has 3 N–H and O–H groups in total. The Kier molecular flexibility index (Phi) is 6.19. The number of hydrogen-bond donors (Lipinski definition) is 2. The van der Waals surface area contributed by atoms with E-state index in [-0.39, 0.29) is 23.8 Å². The van der Waals surface area contributed by atoms with Gasteiger partial charge in [0.2, 0.25) is 5.91 Å². The molecule has 2 amide bonds. The van der Waals surface area contributed by atoms with E-state index < -0.39 is 0 Å². The monoisotopic (exact) mass is 314 g/mol. The molecule has 0 spiro atoms. The number of nitrogens with one attached hydrogen (secondary N) is 1. The van der Waals surface area contributed by atoms with E-state index in [0.29, 0.717) is 18.6 Å². The summed E-state index contributed by atoms with van der Waals surface area (Å²) < 4.78 is 4.87. The number of hydrogen-bond acceptors (Lipinski definition) is 3. The fourth-order valence-corrected chi connectivity index (χ4v) is 2.90. The largest absolute Gasteiger partial charge is 0.372 e. The molecule has 0 heterocycles. The zero-order valence-electron chi connectivity index (χ0n) is 13.3. The molecule has 2 rings (SSSR count). The lowest BCUT2D eigenvalue weighted by Crippen LogP contribution is -2.38. The molecule has 1 aromatic rings. The van der Waals surface area contributed by atoms with Gasteiger partial charge in [-0.2, -0.15) is 0 Å². The molecule has 0 aliphatic heterocycles. The quantitative estimate of drug-likeness (QED) is 0.807. The van der Waals surface area contributed by atoms with Crippen LogP contribution in [0.3, 0.4) is 0 Å². The van der Waals surface area contributed by atoms with Gasteiger partial charge >= 0.3 is 0 Å². The van der Waals surface area contributed by atoms with Gasteiger partial charge in [-0.15, -0.1) is 0 Å². The molecule has 122 valence electrons. The van der Waals surface area contributed by atoms with Crippen molar-refractivity contribution in [1.29, 1.82) is 0 Å². The van der Waals surface area contributed by atoms with Crippen LogP contribution in [0.1, 0.15) is 41.6 Å². The standard InChI is InChI=1S/C18H22N2O3/c1-23-11-3-4-13-7-9-14(10-8-13)18(22)20-16-6-2-5-15(16)12-17(19)21/h7-10,15-16H,2,5-6,11-12H2,1H3,(H2,19,21)(H,20,22)/t15-,16+/m1/s1. The maximum atomic E-state index is 12.3. The van der Waals surface area contributed by atoms with Crippen LogP contribution in [0, 0.1) is 17.8 Å². The van der Waals surface area contributed by atoms with Crippen LogP contribution < -0.4 is 11.1 Å². The molecule has 0 radical (unpaired) electrons. The molecule has 5 heteroatoms. The number of carbonyl (C=O) groups is 2. The predicted octanol–water partition coefficient (Wildman–Crippen LogP) is 1.46. The SMILES string of the molecule is COCC#Cc1ccc(C(=O)N[C@H]2CCC[C@@H]2CC(N)=O)cc1. The smallest absolute Gasteiger partial charge is 0.251 e. The molecule has 1 saturated carbocycles.